The zero-order chi connectivity index (χ0) is 12.3. The molecular formula is C14H26N2S. The second kappa shape index (κ2) is 5.64. The van der Waals surface area contributed by atoms with E-state index in [-0.39, 0.29) is 5.54 Å². The molecule has 0 aromatic carbocycles. The zero-order valence-corrected chi connectivity index (χ0v) is 12.3. The molecule has 98 valence electrons. The van der Waals surface area contributed by atoms with Crippen LogP contribution in [0.3, 0.4) is 0 Å². The number of nitrogens with zero attached hydrogens (tertiary/aromatic N) is 1. The first-order chi connectivity index (χ1) is 8.11. The summed E-state index contributed by atoms with van der Waals surface area (Å²) in [4.78, 5) is 4.96. The number of hydrogen-bond donors (Lipinski definition) is 1. The molecule has 1 saturated carbocycles. The lowest BCUT2D eigenvalue weighted by molar-refractivity contribution is 0.342. The van der Waals surface area contributed by atoms with Gasteiger partial charge in [0.1, 0.15) is 0 Å². The average molecular weight is 254 g/mol. The zero-order valence-electron chi connectivity index (χ0n) is 11.5. The standard InChI is InChI=1S/C14H26N2S/c1-4-14(3)8-9-17-13(16-14)15-12-7-5-6-11(2)10-12/h11-12H,4-10H2,1-3H3,(H,15,16). The summed E-state index contributed by atoms with van der Waals surface area (Å²) < 4.78 is 0. The maximum atomic E-state index is 4.96. The summed E-state index contributed by atoms with van der Waals surface area (Å²) >= 11 is 1.91. The molecule has 1 aliphatic heterocycles. The van der Waals surface area contributed by atoms with Crippen LogP contribution in [0.5, 0.6) is 0 Å². The number of hydrogen-bond acceptors (Lipinski definition) is 2. The molecule has 2 aliphatic rings. The van der Waals surface area contributed by atoms with E-state index in [9.17, 15) is 0 Å². The Morgan fingerprint density at radius 3 is 3.00 bits per heavy atom. The van der Waals surface area contributed by atoms with Gasteiger partial charge in [0.2, 0.25) is 0 Å². The van der Waals surface area contributed by atoms with Gasteiger partial charge in [-0.05, 0) is 38.5 Å². The molecule has 0 spiro atoms. The second-order valence-corrected chi connectivity index (χ2v) is 7.08. The molecule has 1 N–H and O–H groups in total. The lowest BCUT2D eigenvalue weighted by atomic mass is 9.87. The third-order valence-corrected chi connectivity index (χ3v) is 5.18. The first-order valence-corrected chi connectivity index (χ1v) is 8.08. The number of aliphatic imine (C=N–C) groups is 1. The van der Waals surface area contributed by atoms with E-state index in [1.165, 1.54) is 49.4 Å². The highest BCUT2D eigenvalue weighted by atomic mass is 32.2. The average Bonchev–Trinajstić information content (AvgIpc) is 2.29. The molecular weight excluding hydrogens is 228 g/mol. The van der Waals surface area contributed by atoms with Gasteiger partial charge in [0.05, 0.1) is 6.04 Å². The SMILES string of the molecule is CCC1(C)CCSC(=NC2CCCC(C)C2)N1. The summed E-state index contributed by atoms with van der Waals surface area (Å²) in [5.41, 5.74) is 0.282. The van der Waals surface area contributed by atoms with Crippen LogP contribution >= 0.6 is 11.8 Å². The smallest absolute Gasteiger partial charge is 0.157 e. The summed E-state index contributed by atoms with van der Waals surface area (Å²) in [6, 6.07) is 0.577. The molecule has 17 heavy (non-hydrogen) atoms. The van der Waals surface area contributed by atoms with Gasteiger partial charge < -0.3 is 5.32 Å². The van der Waals surface area contributed by atoms with Gasteiger partial charge in [-0.25, -0.2) is 0 Å². The van der Waals surface area contributed by atoms with Crippen LogP contribution in [0.4, 0.5) is 0 Å². The van der Waals surface area contributed by atoms with Gasteiger partial charge in [-0.3, -0.25) is 4.99 Å². The highest BCUT2D eigenvalue weighted by Crippen LogP contribution is 2.29. The minimum atomic E-state index is 0.282. The van der Waals surface area contributed by atoms with Gasteiger partial charge in [0.15, 0.2) is 5.17 Å². The summed E-state index contributed by atoms with van der Waals surface area (Å²) in [5.74, 6) is 2.09. The van der Waals surface area contributed by atoms with E-state index in [4.69, 9.17) is 4.99 Å². The van der Waals surface area contributed by atoms with Crippen molar-refractivity contribution in [3.8, 4) is 0 Å². The van der Waals surface area contributed by atoms with E-state index in [1.54, 1.807) is 0 Å². The van der Waals surface area contributed by atoms with Crippen LogP contribution in [-0.2, 0) is 0 Å². The summed E-state index contributed by atoms with van der Waals surface area (Å²) in [5, 5.41) is 4.86. The maximum absolute atomic E-state index is 4.96. The van der Waals surface area contributed by atoms with Crippen molar-refractivity contribution in [1.82, 2.24) is 5.32 Å². The molecule has 3 unspecified atom stereocenters. The van der Waals surface area contributed by atoms with Gasteiger partial charge in [-0.15, -0.1) is 0 Å². The van der Waals surface area contributed by atoms with Crippen molar-refractivity contribution in [3.63, 3.8) is 0 Å². The van der Waals surface area contributed by atoms with Crippen molar-refractivity contribution in [1.29, 1.82) is 0 Å². The molecule has 1 heterocycles. The van der Waals surface area contributed by atoms with E-state index >= 15 is 0 Å². The lowest BCUT2D eigenvalue weighted by Crippen LogP contribution is -2.48. The van der Waals surface area contributed by atoms with E-state index in [0.717, 1.165) is 5.92 Å². The molecule has 2 fully saturated rings. The molecule has 3 atom stereocenters. The Hall–Kier alpha value is -0.180. The van der Waals surface area contributed by atoms with Crippen LogP contribution < -0.4 is 5.32 Å². The van der Waals surface area contributed by atoms with Crippen LogP contribution in [0.25, 0.3) is 0 Å². The summed E-state index contributed by atoms with van der Waals surface area (Å²) in [7, 11) is 0. The Kier molecular flexibility index (Phi) is 4.40. The fraction of sp³-hybridized carbons (Fsp3) is 0.929. The van der Waals surface area contributed by atoms with Crippen LogP contribution in [0, 0.1) is 5.92 Å². The minimum Gasteiger partial charge on any atom is -0.360 e. The molecule has 1 aliphatic carbocycles. The minimum absolute atomic E-state index is 0.282. The van der Waals surface area contributed by atoms with Crippen LogP contribution in [-0.4, -0.2) is 22.5 Å². The molecule has 2 rings (SSSR count). The van der Waals surface area contributed by atoms with E-state index < -0.39 is 0 Å². The normalized spacial score (nSPS) is 41.2. The maximum Gasteiger partial charge on any atom is 0.157 e. The quantitative estimate of drug-likeness (QED) is 0.810. The van der Waals surface area contributed by atoms with E-state index in [2.05, 4.69) is 26.1 Å². The monoisotopic (exact) mass is 254 g/mol. The van der Waals surface area contributed by atoms with Gasteiger partial charge in [0.25, 0.3) is 0 Å². The number of thioether (sulfide) groups is 1. The van der Waals surface area contributed by atoms with Crippen molar-refractivity contribution in [2.45, 2.75) is 70.9 Å². The van der Waals surface area contributed by atoms with Crippen LogP contribution in [0.15, 0.2) is 4.99 Å². The van der Waals surface area contributed by atoms with Gasteiger partial charge in [-0.1, -0.05) is 38.5 Å². The fourth-order valence-electron chi connectivity index (χ4n) is 2.75. The molecule has 0 bridgehead atoms. The Labute approximate surface area is 110 Å². The lowest BCUT2D eigenvalue weighted by Gasteiger charge is -2.36. The Balaban J connectivity index is 1.96. The van der Waals surface area contributed by atoms with E-state index in [0.29, 0.717) is 6.04 Å². The van der Waals surface area contributed by atoms with Crippen molar-refractivity contribution >= 4 is 16.9 Å². The molecule has 0 amide bonds. The topological polar surface area (TPSA) is 24.4 Å². The van der Waals surface area contributed by atoms with Gasteiger partial charge in [-0.2, -0.15) is 0 Å². The largest absolute Gasteiger partial charge is 0.360 e. The molecule has 1 saturated heterocycles. The van der Waals surface area contributed by atoms with Crippen molar-refractivity contribution in [2.75, 3.05) is 5.75 Å². The molecule has 0 radical (unpaired) electrons. The highest BCUT2D eigenvalue weighted by molar-refractivity contribution is 8.13. The first kappa shape index (κ1) is 13.3. The predicted octanol–water partition coefficient (Wildman–Crippen LogP) is 3.82. The number of rotatable bonds is 2. The van der Waals surface area contributed by atoms with Crippen molar-refractivity contribution in [3.05, 3.63) is 0 Å². The number of nitrogens with one attached hydrogen (secondary N) is 1. The third kappa shape index (κ3) is 3.64. The Bertz CT molecular complexity index is 290. The van der Waals surface area contributed by atoms with Crippen molar-refractivity contribution < 1.29 is 0 Å². The molecule has 0 aromatic heterocycles. The fourth-order valence-corrected chi connectivity index (χ4v) is 4.04. The molecule has 2 nitrogen and oxygen atoms in total. The summed E-state index contributed by atoms with van der Waals surface area (Å²) in [6.07, 6.45) is 7.78. The Morgan fingerprint density at radius 1 is 1.47 bits per heavy atom. The van der Waals surface area contributed by atoms with Crippen LogP contribution in [0.1, 0.15) is 59.3 Å². The van der Waals surface area contributed by atoms with E-state index in [1.807, 2.05) is 11.8 Å². The van der Waals surface area contributed by atoms with Gasteiger partial charge >= 0.3 is 0 Å². The van der Waals surface area contributed by atoms with Gasteiger partial charge in [0, 0.05) is 11.3 Å². The van der Waals surface area contributed by atoms with Crippen molar-refractivity contribution in [2.24, 2.45) is 10.9 Å². The predicted molar refractivity (Wildman–Crippen MR) is 77.8 cm³/mol. The first-order valence-electron chi connectivity index (χ1n) is 7.10. The number of amidine groups is 1. The second-order valence-electron chi connectivity index (χ2n) is 6.00. The molecule has 3 heteroatoms. The molecule has 0 aromatic rings. The third-order valence-electron chi connectivity index (χ3n) is 4.29. The summed E-state index contributed by atoms with van der Waals surface area (Å²) in [6.45, 7) is 6.96. The highest BCUT2D eigenvalue weighted by Gasteiger charge is 2.28. The van der Waals surface area contributed by atoms with Crippen LogP contribution in [0.2, 0.25) is 0 Å². The Morgan fingerprint density at radius 2 is 2.29 bits per heavy atom.